The number of hydrogen-bond donors (Lipinski definition) is 3. The fourth-order valence-electron chi connectivity index (χ4n) is 3.40. The van der Waals surface area contributed by atoms with Crippen LogP contribution in [0.4, 0.5) is 25.0 Å². The largest absolute Gasteiger partial charge is 0.364 e. The number of rotatable bonds is 6. The minimum absolute atomic E-state index is 0.0332. The number of anilines is 2. The Morgan fingerprint density at radius 1 is 1.06 bits per heavy atom. The molecule has 0 saturated heterocycles. The highest BCUT2D eigenvalue weighted by molar-refractivity contribution is 6.31. The first-order valence-corrected chi connectivity index (χ1v) is 10.8. The van der Waals surface area contributed by atoms with Crippen LogP contribution in [-0.4, -0.2) is 26.7 Å². The number of nitrogens with zero attached hydrogens (tertiary/aromatic N) is 3. The maximum Gasteiger partial charge on any atom is 0.323 e. The van der Waals surface area contributed by atoms with Crippen LogP contribution in [0.15, 0.2) is 60.9 Å². The second-order valence-electron chi connectivity index (χ2n) is 7.44. The van der Waals surface area contributed by atoms with Gasteiger partial charge in [0.05, 0.1) is 5.69 Å². The van der Waals surface area contributed by atoms with E-state index in [-0.39, 0.29) is 22.0 Å². The smallest absolute Gasteiger partial charge is 0.323 e. The van der Waals surface area contributed by atoms with Crippen LogP contribution in [0.25, 0.3) is 22.4 Å². The van der Waals surface area contributed by atoms with Crippen molar-refractivity contribution >= 4 is 34.9 Å². The van der Waals surface area contributed by atoms with Gasteiger partial charge < -0.3 is 16.4 Å². The van der Waals surface area contributed by atoms with Crippen molar-refractivity contribution in [3.63, 3.8) is 0 Å². The van der Waals surface area contributed by atoms with Crippen LogP contribution in [0.1, 0.15) is 17.4 Å². The number of amides is 3. The van der Waals surface area contributed by atoms with Crippen LogP contribution < -0.4 is 16.4 Å². The third-order valence-corrected chi connectivity index (χ3v) is 5.27. The summed E-state index contributed by atoms with van der Waals surface area (Å²) in [6.07, 6.45) is 3.04. The number of carbonyl (C=O) groups excluding carboxylic acids is 2. The van der Waals surface area contributed by atoms with Crippen LogP contribution in [0.2, 0.25) is 5.02 Å². The monoisotopic (exact) mass is 496 g/mol. The Morgan fingerprint density at radius 3 is 2.49 bits per heavy atom. The van der Waals surface area contributed by atoms with Crippen molar-refractivity contribution in [1.82, 2.24) is 14.8 Å². The molecule has 0 spiro atoms. The van der Waals surface area contributed by atoms with Crippen molar-refractivity contribution in [3.05, 3.63) is 83.3 Å². The van der Waals surface area contributed by atoms with Crippen molar-refractivity contribution in [1.29, 1.82) is 0 Å². The van der Waals surface area contributed by atoms with Crippen molar-refractivity contribution in [3.8, 4) is 22.4 Å². The number of hydrogen-bond acceptors (Lipinski definition) is 4. The van der Waals surface area contributed by atoms with Crippen LogP contribution >= 0.6 is 11.6 Å². The Labute approximate surface area is 203 Å². The van der Waals surface area contributed by atoms with Gasteiger partial charge in [-0.1, -0.05) is 11.6 Å². The van der Waals surface area contributed by atoms with Crippen molar-refractivity contribution in [2.24, 2.45) is 5.73 Å². The average Bonchev–Trinajstić information content (AvgIpc) is 3.27. The molecule has 0 aliphatic rings. The lowest BCUT2D eigenvalue weighted by atomic mass is 10.0. The van der Waals surface area contributed by atoms with Gasteiger partial charge in [-0.25, -0.2) is 13.6 Å². The van der Waals surface area contributed by atoms with Gasteiger partial charge in [-0.3, -0.25) is 14.5 Å². The summed E-state index contributed by atoms with van der Waals surface area (Å²) in [5.74, 6) is -1.91. The molecule has 0 radical (unpaired) electrons. The molecule has 4 aromatic rings. The topological polar surface area (TPSA) is 115 Å². The van der Waals surface area contributed by atoms with Crippen LogP contribution in [0.3, 0.4) is 0 Å². The van der Waals surface area contributed by atoms with E-state index < -0.39 is 23.6 Å². The van der Waals surface area contributed by atoms with E-state index in [4.69, 9.17) is 17.3 Å². The molecule has 0 aliphatic carbocycles. The van der Waals surface area contributed by atoms with Gasteiger partial charge in [0.25, 0.3) is 5.91 Å². The molecule has 3 amide bonds. The number of nitrogens with one attached hydrogen (secondary N) is 2. The molecule has 4 N–H and O–H groups in total. The van der Waals surface area contributed by atoms with Gasteiger partial charge in [0.15, 0.2) is 5.82 Å². The van der Waals surface area contributed by atoms with E-state index in [0.29, 0.717) is 29.1 Å². The molecule has 0 unspecified atom stereocenters. The molecule has 2 heterocycles. The molecule has 8 nitrogen and oxygen atoms in total. The number of aryl methyl sites for hydroxylation is 1. The number of pyridine rings is 1. The standard InChI is InChI=1S/C24H19ClF2N6O2/c1-2-33-12-18(22(32-33)13-7-8-29-20(9-13)23(28)34)17-10-14(25)11-19(21(17)27)31-24(35)30-16-5-3-15(26)4-6-16/h3-12H,2H2,1H3,(H2,28,34)(H2,30,31,35). The van der Waals surface area contributed by atoms with Gasteiger partial charge in [-0.15, -0.1) is 0 Å². The summed E-state index contributed by atoms with van der Waals surface area (Å²) in [6, 6.07) is 10.1. The van der Waals surface area contributed by atoms with Crippen molar-refractivity contribution < 1.29 is 18.4 Å². The summed E-state index contributed by atoms with van der Waals surface area (Å²) in [5.41, 5.74) is 6.87. The van der Waals surface area contributed by atoms with Gasteiger partial charge in [0, 0.05) is 46.3 Å². The molecular formula is C24H19ClF2N6O2. The zero-order chi connectivity index (χ0) is 25.1. The van der Waals surface area contributed by atoms with E-state index in [2.05, 4.69) is 20.7 Å². The minimum Gasteiger partial charge on any atom is -0.364 e. The van der Waals surface area contributed by atoms with E-state index in [1.807, 2.05) is 6.92 Å². The maximum absolute atomic E-state index is 15.6. The minimum atomic E-state index is -0.746. The highest BCUT2D eigenvalue weighted by atomic mass is 35.5. The first kappa shape index (κ1) is 23.8. The van der Waals surface area contributed by atoms with E-state index in [1.165, 1.54) is 48.7 Å². The van der Waals surface area contributed by atoms with E-state index >= 15 is 4.39 Å². The first-order chi connectivity index (χ1) is 16.7. The molecule has 0 atom stereocenters. The number of aromatic nitrogens is 3. The summed E-state index contributed by atoms with van der Waals surface area (Å²) in [7, 11) is 0. The molecule has 2 aromatic heterocycles. The second kappa shape index (κ2) is 9.90. The van der Waals surface area contributed by atoms with Crippen molar-refractivity contribution in [2.45, 2.75) is 13.5 Å². The Hall–Kier alpha value is -4.31. The van der Waals surface area contributed by atoms with Crippen LogP contribution in [0.5, 0.6) is 0 Å². The van der Waals surface area contributed by atoms with Gasteiger partial charge >= 0.3 is 6.03 Å². The Morgan fingerprint density at radius 2 is 1.80 bits per heavy atom. The zero-order valence-electron chi connectivity index (χ0n) is 18.3. The third kappa shape index (κ3) is 5.28. The van der Waals surface area contributed by atoms with Crippen LogP contribution in [-0.2, 0) is 6.54 Å². The first-order valence-electron chi connectivity index (χ1n) is 10.4. The average molecular weight is 497 g/mol. The number of benzene rings is 2. The number of halogens is 3. The van der Waals surface area contributed by atoms with Gasteiger partial charge in [-0.2, -0.15) is 5.10 Å². The third-order valence-electron chi connectivity index (χ3n) is 5.05. The van der Waals surface area contributed by atoms with Gasteiger partial charge in [0.1, 0.15) is 17.2 Å². The summed E-state index contributed by atoms with van der Waals surface area (Å²) >= 11 is 6.26. The van der Waals surface area contributed by atoms with Gasteiger partial charge in [0.2, 0.25) is 0 Å². The highest BCUT2D eigenvalue weighted by Gasteiger charge is 2.21. The van der Waals surface area contributed by atoms with E-state index in [9.17, 15) is 14.0 Å². The van der Waals surface area contributed by atoms with E-state index in [1.54, 1.807) is 16.9 Å². The second-order valence-corrected chi connectivity index (χ2v) is 7.88. The molecule has 35 heavy (non-hydrogen) atoms. The molecular weight excluding hydrogens is 478 g/mol. The van der Waals surface area contributed by atoms with Crippen molar-refractivity contribution in [2.75, 3.05) is 10.6 Å². The molecule has 2 aromatic carbocycles. The van der Waals surface area contributed by atoms with E-state index in [0.717, 1.165) is 0 Å². The molecule has 11 heteroatoms. The Kier molecular flexibility index (Phi) is 6.74. The Balaban J connectivity index is 1.72. The normalized spacial score (nSPS) is 10.7. The number of primary amides is 1. The number of nitrogens with two attached hydrogens (primary N) is 1. The summed E-state index contributed by atoms with van der Waals surface area (Å²) < 4.78 is 30.3. The fraction of sp³-hybridized carbons (Fsp3) is 0.0833. The molecule has 0 fully saturated rings. The predicted molar refractivity (Wildman–Crippen MR) is 129 cm³/mol. The Bertz CT molecular complexity index is 1420. The quantitative estimate of drug-likeness (QED) is 0.335. The highest BCUT2D eigenvalue weighted by Crippen LogP contribution is 2.37. The lowest BCUT2D eigenvalue weighted by Crippen LogP contribution is -2.20. The molecule has 178 valence electrons. The summed E-state index contributed by atoms with van der Waals surface area (Å²) in [6.45, 7) is 2.36. The maximum atomic E-state index is 15.6. The SMILES string of the molecule is CCn1cc(-c2cc(Cl)cc(NC(=O)Nc3ccc(F)cc3)c2F)c(-c2ccnc(C(N)=O)c2)n1. The predicted octanol–water partition coefficient (Wildman–Crippen LogP) is 5.31. The molecule has 0 bridgehead atoms. The summed E-state index contributed by atoms with van der Waals surface area (Å²) in [5, 5.41) is 9.59. The summed E-state index contributed by atoms with van der Waals surface area (Å²) in [4.78, 5) is 27.9. The zero-order valence-corrected chi connectivity index (χ0v) is 19.1. The fourth-order valence-corrected chi connectivity index (χ4v) is 3.62. The lowest BCUT2D eigenvalue weighted by molar-refractivity contribution is 0.0995. The molecule has 4 rings (SSSR count). The lowest BCUT2D eigenvalue weighted by Gasteiger charge is -2.12. The van der Waals surface area contributed by atoms with Crippen LogP contribution in [0, 0.1) is 11.6 Å². The van der Waals surface area contributed by atoms with Gasteiger partial charge in [-0.05, 0) is 55.5 Å². The number of urea groups is 1. The molecule has 0 aliphatic heterocycles. The molecule has 0 saturated carbocycles. The number of carbonyl (C=O) groups is 2.